The molecule has 0 unspecified atom stereocenters. The van der Waals surface area contributed by atoms with Crippen molar-refractivity contribution in [1.29, 1.82) is 0 Å². The summed E-state index contributed by atoms with van der Waals surface area (Å²) in [5.41, 5.74) is 4.47. The van der Waals surface area contributed by atoms with Gasteiger partial charge in [0.2, 0.25) is 0 Å². The van der Waals surface area contributed by atoms with Crippen molar-refractivity contribution in [2.45, 2.75) is 33.1 Å². The number of primary amides is 1. The third-order valence-corrected chi connectivity index (χ3v) is 0.962. The molecule has 0 saturated heterocycles. The summed E-state index contributed by atoms with van der Waals surface area (Å²) in [5.74, 6) is 9.14. The summed E-state index contributed by atoms with van der Waals surface area (Å²) >= 11 is 0. The van der Waals surface area contributed by atoms with E-state index in [1.165, 1.54) is 19.3 Å². The molecule has 0 atom stereocenters. The Labute approximate surface area is 67.5 Å². The van der Waals surface area contributed by atoms with E-state index in [9.17, 15) is 4.79 Å². The minimum atomic E-state index is -0.852. The van der Waals surface area contributed by atoms with Gasteiger partial charge in [0.25, 0.3) is 0 Å². The normalized spacial score (nSPS) is 8.00. The highest BCUT2D eigenvalue weighted by Gasteiger charge is 1.90. The third-order valence-electron chi connectivity index (χ3n) is 0.962. The van der Waals surface area contributed by atoms with Crippen molar-refractivity contribution in [1.82, 2.24) is 5.12 Å². The van der Waals surface area contributed by atoms with Gasteiger partial charge in [-0.3, -0.25) is 0 Å². The van der Waals surface area contributed by atoms with Gasteiger partial charge in [0.05, 0.1) is 0 Å². The lowest BCUT2D eigenvalue weighted by molar-refractivity contribution is 0.210. The molecule has 0 aliphatic heterocycles. The molecular weight excluding hydrogens is 144 g/mol. The zero-order valence-electron chi connectivity index (χ0n) is 7.21. The molecule has 0 rings (SSSR count). The number of hydrogen-bond donors (Lipinski definition) is 3. The molecule has 0 aromatic carbocycles. The molecule has 0 aliphatic carbocycles. The van der Waals surface area contributed by atoms with Crippen LogP contribution in [0.4, 0.5) is 4.79 Å². The van der Waals surface area contributed by atoms with E-state index < -0.39 is 6.03 Å². The molecule has 0 fully saturated rings. The van der Waals surface area contributed by atoms with Crippen LogP contribution in [0.1, 0.15) is 33.1 Å². The number of hydrazine groups is 2. The predicted octanol–water partition coefficient (Wildman–Crippen LogP) is 0.311. The number of carbonyl (C=O) groups excluding carboxylic acids is 1. The zero-order chi connectivity index (χ0) is 9.28. The lowest BCUT2D eigenvalue weighted by Gasteiger charge is -2.00. The summed E-state index contributed by atoms with van der Waals surface area (Å²) in [4.78, 5) is 9.60. The first-order valence-electron chi connectivity index (χ1n) is 3.65. The monoisotopic (exact) mass is 162 g/mol. The van der Waals surface area contributed by atoms with Gasteiger partial charge in [0.1, 0.15) is 0 Å². The average molecular weight is 162 g/mol. The Balaban J connectivity index is 0. The first kappa shape index (κ1) is 12.8. The Morgan fingerprint density at radius 2 is 1.55 bits per heavy atom. The van der Waals surface area contributed by atoms with E-state index in [2.05, 4.69) is 31.3 Å². The van der Waals surface area contributed by atoms with Gasteiger partial charge in [0.15, 0.2) is 0 Å². The molecule has 0 aliphatic rings. The average Bonchev–Trinajstić information content (AvgIpc) is 1.90. The number of carbonyl (C=O) groups is 1. The summed E-state index contributed by atoms with van der Waals surface area (Å²) < 4.78 is 0. The molecule has 0 aromatic heterocycles. The van der Waals surface area contributed by atoms with E-state index in [1.807, 2.05) is 0 Å². The third kappa shape index (κ3) is 17.6. The number of amides is 2. The van der Waals surface area contributed by atoms with E-state index in [4.69, 9.17) is 0 Å². The topological polar surface area (TPSA) is 98.4 Å². The number of rotatable bonds is 2. The number of unbranched alkanes of at least 4 members (excludes halogenated alkanes) is 2. The van der Waals surface area contributed by atoms with E-state index in [0.29, 0.717) is 5.12 Å². The fourth-order valence-electron chi connectivity index (χ4n) is 0.354. The van der Waals surface area contributed by atoms with Crippen LogP contribution in [-0.2, 0) is 0 Å². The lowest BCUT2D eigenvalue weighted by Crippen LogP contribution is -2.46. The number of nitrogens with zero attached hydrogens (tertiary/aromatic N) is 1. The van der Waals surface area contributed by atoms with Gasteiger partial charge < -0.3 is 5.73 Å². The SMILES string of the molecule is CCCCC.NC(=O)N(N)N. The highest BCUT2D eigenvalue weighted by atomic mass is 16.2. The van der Waals surface area contributed by atoms with Crippen LogP contribution in [-0.4, -0.2) is 11.1 Å². The minimum absolute atomic E-state index is 0.306. The predicted molar refractivity (Wildman–Crippen MR) is 45.0 cm³/mol. The first-order chi connectivity index (χ1) is 5.06. The van der Waals surface area contributed by atoms with Crippen LogP contribution in [0.25, 0.3) is 0 Å². The largest absolute Gasteiger partial charge is 0.349 e. The van der Waals surface area contributed by atoms with Crippen molar-refractivity contribution in [3.63, 3.8) is 0 Å². The summed E-state index contributed by atoms with van der Waals surface area (Å²) in [6, 6.07) is -0.852. The van der Waals surface area contributed by atoms with E-state index in [0.717, 1.165) is 0 Å². The molecule has 0 spiro atoms. The smallest absolute Gasteiger partial charge is 0.343 e. The van der Waals surface area contributed by atoms with Gasteiger partial charge in [-0.2, -0.15) is 5.12 Å². The Hall–Kier alpha value is -0.810. The van der Waals surface area contributed by atoms with Crippen molar-refractivity contribution < 1.29 is 4.79 Å². The fraction of sp³-hybridized carbons (Fsp3) is 0.833. The van der Waals surface area contributed by atoms with Crippen LogP contribution in [0.5, 0.6) is 0 Å². The maximum absolute atomic E-state index is 9.60. The molecule has 0 saturated carbocycles. The molecule has 6 N–H and O–H groups in total. The minimum Gasteiger partial charge on any atom is -0.349 e. The molecule has 11 heavy (non-hydrogen) atoms. The highest BCUT2D eigenvalue weighted by Crippen LogP contribution is 1.88. The van der Waals surface area contributed by atoms with Crippen LogP contribution >= 0.6 is 0 Å². The van der Waals surface area contributed by atoms with Gasteiger partial charge in [-0.1, -0.05) is 33.1 Å². The Kier molecular flexibility index (Phi) is 10.7. The van der Waals surface area contributed by atoms with Gasteiger partial charge >= 0.3 is 6.03 Å². The maximum Gasteiger partial charge on any atom is 0.343 e. The van der Waals surface area contributed by atoms with Gasteiger partial charge in [-0.15, -0.1) is 0 Å². The van der Waals surface area contributed by atoms with E-state index in [-0.39, 0.29) is 0 Å². The van der Waals surface area contributed by atoms with Gasteiger partial charge in [-0.25, -0.2) is 16.5 Å². The van der Waals surface area contributed by atoms with Gasteiger partial charge in [0, 0.05) is 0 Å². The van der Waals surface area contributed by atoms with E-state index >= 15 is 0 Å². The molecule has 2 amide bonds. The Bertz CT molecular complexity index is 92.6. The van der Waals surface area contributed by atoms with Crippen LogP contribution in [0.15, 0.2) is 0 Å². The molecule has 68 valence electrons. The second-order valence-electron chi connectivity index (χ2n) is 2.10. The fourth-order valence-corrected chi connectivity index (χ4v) is 0.354. The molecular formula is C6H18N4O. The van der Waals surface area contributed by atoms with Crippen molar-refractivity contribution in [2.24, 2.45) is 17.4 Å². The second kappa shape index (κ2) is 9.19. The maximum atomic E-state index is 9.60. The summed E-state index contributed by atoms with van der Waals surface area (Å²) in [6.45, 7) is 4.42. The zero-order valence-corrected chi connectivity index (χ0v) is 7.21. The molecule has 5 nitrogen and oxygen atoms in total. The molecule has 5 heteroatoms. The van der Waals surface area contributed by atoms with Crippen LogP contribution in [0.3, 0.4) is 0 Å². The number of hydrogen-bond acceptors (Lipinski definition) is 3. The first-order valence-corrected chi connectivity index (χ1v) is 3.65. The Morgan fingerprint density at radius 3 is 1.55 bits per heavy atom. The second-order valence-corrected chi connectivity index (χ2v) is 2.10. The number of nitrogens with two attached hydrogens (primary N) is 3. The number of urea groups is 1. The van der Waals surface area contributed by atoms with Crippen LogP contribution in [0.2, 0.25) is 0 Å². The highest BCUT2D eigenvalue weighted by molar-refractivity contribution is 5.70. The van der Waals surface area contributed by atoms with E-state index in [1.54, 1.807) is 0 Å². The van der Waals surface area contributed by atoms with Crippen molar-refractivity contribution in [3.8, 4) is 0 Å². The summed E-state index contributed by atoms with van der Waals surface area (Å²) in [5, 5.41) is 0.306. The Morgan fingerprint density at radius 1 is 1.27 bits per heavy atom. The van der Waals surface area contributed by atoms with Gasteiger partial charge in [-0.05, 0) is 0 Å². The van der Waals surface area contributed by atoms with Crippen LogP contribution < -0.4 is 17.4 Å². The molecule has 0 radical (unpaired) electrons. The quantitative estimate of drug-likeness (QED) is 0.309. The van der Waals surface area contributed by atoms with Crippen molar-refractivity contribution >= 4 is 6.03 Å². The van der Waals surface area contributed by atoms with Crippen LogP contribution in [0, 0.1) is 0 Å². The molecule has 0 heterocycles. The summed E-state index contributed by atoms with van der Waals surface area (Å²) in [7, 11) is 0. The van der Waals surface area contributed by atoms with Crippen molar-refractivity contribution in [2.75, 3.05) is 0 Å². The molecule has 0 aromatic rings. The van der Waals surface area contributed by atoms with Crippen molar-refractivity contribution in [3.05, 3.63) is 0 Å². The molecule has 0 bridgehead atoms. The lowest BCUT2D eigenvalue weighted by atomic mass is 10.3. The standard InChI is InChI=1S/C5H12.CH6N4O/c1-3-5-4-2;2-1(6)5(3)4/h3-5H2,1-2H3;3-4H2,(H2,2,6). The summed E-state index contributed by atoms with van der Waals surface area (Å²) in [6.07, 6.45) is 4.08.